The third-order valence-electron chi connectivity index (χ3n) is 9.28. The molecule has 0 N–H and O–H groups in total. The highest BCUT2D eigenvalue weighted by Crippen LogP contribution is 2.45. The normalized spacial score (nSPS) is 12.0. The number of thiophene rings is 1. The van der Waals surface area contributed by atoms with E-state index in [0.717, 1.165) is 33.1 Å². The van der Waals surface area contributed by atoms with E-state index >= 15 is 0 Å². The van der Waals surface area contributed by atoms with Gasteiger partial charge in [0.15, 0.2) is 0 Å². The molecule has 0 spiro atoms. The number of fused-ring (bicyclic) bond motifs is 11. The smallest absolute Gasteiger partial charge is 0.0972 e. The molecule has 0 aliphatic heterocycles. The largest absolute Gasteiger partial charge is 0.254 e. The Hall–Kier alpha value is -5.64. The molecule has 2 nitrogen and oxygen atoms in total. The number of hydrogen-bond acceptors (Lipinski definition) is 3. The topological polar surface area (TPSA) is 25.8 Å². The molecule has 10 rings (SSSR count). The van der Waals surface area contributed by atoms with E-state index in [1.54, 1.807) is 0 Å². The Morgan fingerprint density at radius 1 is 0.400 bits per heavy atom. The van der Waals surface area contributed by atoms with Crippen molar-refractivity contribution in [2.24, 2.45) is 0 Å². The van der Waals surface area contributed by atoms with Crippen molar-refractivity contribution in [1.82, 2.24) is 9.97 Å². The van der Waals surface area contributed by atoms with Crippen LogP contribution in [0.3, 0.4) is 0 Å². The third-order valence-corrected chi connectivity index (χ3v) is 10.4. The van der Waals surface area contributed by atoms with Crippen LogP contribution < -0.4 is 0 Å². The van der Waals surface area contributed by atoms with Gasteiger partial charge < -0.3 is 0 Å². The summed E-state index contributed by atoms with van der Waals surface area (Å²) >= 11 is 1.88. The number of aromatic nitrogens is 2. The zero-order valence-corrected chi connectivity index (χ0v) is 25.0. The summed E-state index contributed by atoms with van der Waals surface area (Å²) in [5.41, 5.74) is 6.44. The molecule has 0 aliphatic rings. The van der Waals surface area contributed by atoms with Crippen LogP contribution in [0.5, 0.6) is 0 Å². The van der Waals surface area contributed by atoms with E-state index in [4.69, 9.17) is 4.98 Å². The summed E-state index contributed by atoms with van der Waals surface area (Å²) in [6.45, 7) is 0. The van der Waals surface area contributed by atoms with Crippen LogP contribution in [0.25, 0.3) is 96.7 Å². The number of hydrogen-bond donors (Lipinski definition) is 0. The minimum atomic E-state index is 0.937. The third kappa shape index (κ3) is 3.62. The summed E-state index contributed by atoms with van der Waals surface area (Å²) in [6.07, 6.45) is 1.85. The van der Waals surface area contributed by atoms with Crippen LogP contribution >= 0.6 is 11.3 Å². The summed E-state index contributed by atoms with van der Waals surface area (Å²) in [5.74, 6) is 0. The molecule has 0 atom stereocenters. The first-order valence-corrected chi connectivity index (χ1v) is 16.1. The first kappa shape index (κ1) is 24.8. The second kappa shape index (κ2) is 9.43. The average Bonchev–Trinajstić information content (AvgIpc) is 3.49. The molecule has 0 amide bonds. The summed E-state index contributed by atoms with van der Waals surface area (Å²) in [5, 5.41) is 12.5. The fraction of sp³-hybridized carbons (Fsp3) is 0. The Kier molecular flexibility index (Phi) is 5.19. The standard InChI is InChI=1S/C42H24N2S/c1-2-10-29-28(9-1)31(19-20-32(29)36-21-17-26-16-15-25-8-7-23-43-41(25)42(26)44-36)35-24-27-18-22-38-40(34-13-5-6-14-37(34)45-38)39(27)33-12-4-3-11-30(33)35/h1-24H. The molecule has 3 aromatic heterocycles. The van der Waals surface area contributed by atoms with Crippen LogP contribution in [0.15, 0.2) is 146 Å². The second-order valence-electron chi connectivity index (χ2n) is 11.7. The molecule has 0 bridgehead atoms. The highest BCUT2D eigenvalue weighted by molar-refractivity contribution is 7.26. The molecule has 10 aromatic rings. The molecule has 0 saturated heterocycles. The van der Waals surface area contributed by atoms with Gasteiger partial charge in [-0.1, -0.05) is 109 Å². The second-order valence-corrected chi connectivity index (χ2v) is 12.8. The van der Waals surface area contributed by atoms with Crippen molar-refractivity contribution in [2.75, 3.05) is 0 Å². The number of rotatable bonds is 2. The molecule has 208 valence electrons. The summed E-state index contributed by atoms with van der Waals surface area (Å²) in [4.78, 5) is 9.89. The van der Waals surface area contributed by atoms with Crippen LogP contribution in [-0.4, -0.2) is 9.97 Å². The zero-order chi connectivity index (χ0) is 29.5. The van der Waals surface area contributed by atoms with Gasteiger partial charge in [-0.25, -0.2) is 4.98 Å². The van der Waals surface area contributed by atoms with Crippen molar-refractivity contribution in [3.63, 3.8) is 0 Å². The Labute approximate surface area is 262 Å². The minimum Gasteiger partial charge on any atom is -0.254 e. The molecule has 0 unspecified atom stereocenters. The van der Waals surface area contributed by atoms with E-state index in [-0.39, 0.29) is 0 Å². The Bertz CT molecular complexity index is 2830. The van der Waals surface area contributed by atoms with Gasteiger partial charge in [0.25, 0.3) is 0 Å². The highest BCUT2D eigenvalue weighted by atomic mass is 32.1. The molecule has 3 heterocycles. The lowest BCUT2D eigenvalue weighted by Gasteiger charge is -2.16. The van der Waals surface area contributed by atoms with Crippen molar-refractivity contribution in [3.05, 3.63) is 146 Å². The van der Waals surface area contributed by atoms with Gasteiger partial charge in [-0.2, -0.15) is 0 Å². The number of nitrogens with zero attached hydrogens (tertiary/aromatic N) is 2. The predicted molar refractivity (Wildman–Crippen MR) is 193 cm³/mol. The van der Waals surface area contributed by atoms with Gasteiger partial charge in [-0.05, 0) is 73.8 Å². The maximum Gasteiger partial charge on any atom is 0.0972 e. The monoisotopic (exact) mass is 588 g/mol. The average molecular weight is 589 g/mol. The van der Waals surface area contributed by atoms with E-state index in [1.807, 2.05) is 23.6 Å². The van der Waals surface area contributed by atoms with Gasteiger partial charge in [-0.3, -0.25) is 4.98 Å². The van der Waals surface area contributed by atoms with Crippen molar-refractivity contribution < 1.29 is 0 Å². The Morgan fingerprint density at radius 3 is 1.89 bits per heavy atom. The first-order chi connectivity index (χ1) is 22.3. The van der Waals surface area contributed by atoms with E-state index in [9.17, 15) is 0 Å². The molecule has 45 heavy (non-hydrogen) atoms. The van der Waals surface area contributed by atoms with Crippen LogP contribution in [0.4, 0.5) is 0 Å². The van der Waals surface area contributed by atoms with E-state index in [1.165, 1.54) is 63.6 Å². The van der Waals surface area contributed by atoms with Crippen molar-refractivity contribution in [2.45, 2.75) is 0 Å². The van der Waals surface area contributed by atoms with Crippen LogP contribution in [0.2, 0.25) is 0 Å². The Morgan fingerprint density at radius 2 is 1.04 bits per heavy atom. The molecule has 0 radical (unpaired) electrons. The maximum atomic E-state index is 5.20. The number of benzene rings is 7. The van der Waals surface area contributed by atoms with Crippen LogP contribution in [0.1, 0.15) is 0 Å². The minimum absolute atomic E-state index is 0.937. The summed E-state index contributed by atoms with van der Waals surface area (Å²) in [7, 11) is 0. The summed E-state index contributed by atoms with van der Waals surface area (Å²) < 4.78 is 2.67. The van der Waals surface area contributed by atoms with Crippen molar-refractivity contribution in [3.8, 4) is 22.4 Å². The quantitative estimate of drug-likeness (QED) is 0.188. The zero-order valence-electron chi connectivity index (χ0n) is 24.2. The van der Waals surface area contributed by atoms with Crippen LogP contribution in [0, 0.1) is 0 Å². The summed E-state index contributed by atoms with van der Waals surface area (Å²) in [6, 6.07) is 50.6. The lowest BCUT2D eigenvalue weighted by Crippen LogP contribution is -1.92. The lowest BCUT2D eigenvalue weighted by molar-refractivity contribution is 1.37. The van der Waals surface area contributed by atoms with Gasteiger partial charge in [0.1, 0.15) is 0 Å². The van der Waals surface area contributed by atoms with E-state index in [0.29, 0.717) is 0 Å². The molecule has 7 aromatic carbocycles. The van der Waals surface area contributed by atoms with Gasteiger partial charge in [0, 0.05) is 42.7 Å². The Balaban J connectivity index is 1.24. The highest BCUT2D eigenvalue weighted by Gasteiger charge is 2.17. The molecular weight excluding hydrogens is 565 g/mol. The number of pyridine rings is 2. The first-order valence-electron chi connectivity index (χ1n) is 15.2. The fourth-order valence-corrected chi connectivity index (χ4v) is 8.38. The van der Waals surface area contributed by atoms with Crippen LogP contribution in [-0.2, 0) is 0 Å². The van der Waals surface area contributed by atoms with Gasteiger partial charge in [0.05, 0.1) is 16.7 Å². The van der Waals surface area contributed by atoms with E-state index < -0.39 is 0 Å². The molecule has 3 heteroatoms. The maximum absolute atomic E-state index is 5.20. The fourth-order valence-electron chi connectivity index (χ4n) is 7.27. The predicted octanol–water partition coefficient (Wildman–Crippen LogP) is 11.9. The van der Waals surface area contributed by atoms with Crippen molar-refractivity contribution >= 4 is 85.6 Å². The molecule has 0 fully saturated rings. The van der Waals surface area contributed by atoms with Gasteiger partial charge in [-0.15, -0.1) is 11.3 Å². The van der Waals surface area contributed by atoms with E-state index in [2.05, 4.69) is 138 Å². The van der Waals surface area contributed by atoms with Gasteiger partial charge >= 0.3 is 0 Å². The molecular formula is C42H24N2S. The van der Waals surface area contributed by atoms with Gasteiger partial charge in [0.2, 0.25) is 0 Å². The van der Waals surface area contributed by atoms with Crippen molar-refractivity contribution in [1.29, 1.82) is 0 Å². The molecule has 0 saturated carbocycles. The lowest BCUT2D eigenvalue weighted by atomic mass is 9.88. The molecule has 0 aliphatic carbocycles. The SMILES string of the molecule is c1cnc2c(c1)ccc1ccc(-c3ccc(-c4cc5ccc6sc7ccccc7c6c5c5ccccc45)c4ccccc34)nc12.